The Morgan fingerprint density at radius 1 is 1.15 bits per heavy atom. The van der Waals surface area contributed by atoms with Crippen LogP contribution in [0.2, 0.25) is 0 Å². The highest BCUT2D eigenvalue weighted by Crippen LogP contribution is 2.33. The molecule has 1 aliphatic rings. The highest BCUT2D eigenvalue weighted by molar-refractivity contribution is 6.31. The molecule has 0 unspecified atom stereocenters. The number of hydrogen-bond donors (Lipinski definition) is 1. The van der Waals surface area contributed by atoms with Crippen LogP contribution in [-0.2, 0) is 11.2 Å². The first-order valence-electron chi connectivity index (χ1n) is 7.52. The van der Waals surface area contributed by atoms with Crippen LogP contribution in [-0.4, -0.2) is 30.4 Å². The van der Waals surface area contributed by atoms with E-state index in [0.29, 0.717) is 5.57 Å². The van der Waals surface area contributed by atoms with Gasteiger partial charge in [0.2, 0.25) is 0 Å². The molecule has 0 saturated carbocycles. The molecule has 0 atom stereocenters. The predicted octanol–water partition coefficient (Wildman–Crippen LogP) is 3.32. The van der Waals surface area contributed by atoms with Gasteiger partial charge in [-0.3, -0.25) is 4.79 Å². The maximum Gasteiger partial charge on any atom is 0.255 e. The summed E-state index contributed by atoms with van der Waals surface area (Å²) >= 11 is 0. The van der Waals surface area contributed by atoms with Crippen LogP contribution in [0.1, 0.15) is 37.8 Å². The van der Waals surface area contributed by atoms with E-state index in [1.54, 1.807) is 0 Å². The number of rotatable bonds is 7. The van der Waals surface area contributed by atoms with E-state index in [1.165, 1.54) is 18.4 Å². The minimum Gasteiger partial charge on any atom is -0.321 e. The molecule has 0 aromatic heterocycles. The van der Waals surface area contributed by atoms with Crippen molar-refractivity contribution in [1.29, 1.82) is 0 Å². The van der Waals surface area contributed by atoms with Gasteiger partial charge in [0.1, 0.15) is 0 Å². The normalized spacial score (nSPS) is 13.8. The van der Waals surface area contributed by atoms with Crippen LogP contribution >= 0.6 is 0 Å². The summed E-state index contributed by atoms with van der Waals surface area (Å²) in [7, 11) is 0. The number of fused-ring (bicyclic) bond motifs is 1. The van der Waals surface area contributed by atoms with Crippen LogP contribution in [0, 0.1) is 0 Å². The van der Waals surface area contributed by atoms with Crippen LogP contribution < -0.4 is 5.32 Å². The molecule has 1 aromatic rings. The van der Waals surface area contributed by atoms with Gasteiger partial charge in [-0.15, -0.1) is 0 Å². The molecule has 0 bridgehead atoms. The number of hydrogen-bond acceptors (Lipinski definition) is 2. The molecule has 3 nitrogen and oxygen atoms in total. The lowest BCUT2D eigenvalue weighted by molar-refractivity contribution is -0.110. The summed E-state index contributed by atoms with van der Waals surface area (Å²) in [4.78, 5) is 14.2. The van der Waals surface area contributed by atoms with Crippen LogP contribution in [0.25, 0.3) is 5.57 Å². The standard InChI is InChI=1S/C17H24N2O/c1-4-10-19(11-5-2)12-9-14-7-6-8-15-16(14)13(3)17(20)18-15/h6-8H,3-5,9-12H2,1-2H3,(H,18,20). The van der Waals surface area contributed by atoms with Crippen molar-refractivity contribution >= 4 is 17.2 Å². The molecule has 0 spiro atoms. The van der Waals surface area contributed by atoms with Crippen molar-refractivity contribution in [3.8, 4) is 0 Å². The van der Waals surface area contributed by atoms with Crippen LogP contribution in [0.15, 0.2) is 24.8 Å². The van der Waals surface area contributed by atoms with Gasteiger partial charge in [0, 0.05) is 23.4 Å². The Balaban J connectivity index is 2.09. The van der Waals surface area contributed by atoms with Gasteiger partial charge in [0.05, 0.1) is 0 Å². The quantitative estimate of drug-likeness (QED) is 0.772. The second-order valence-electron chi connectivity index (χ2n) is 5.36. The van der Waals surface area contributed by atoms with Gasteiger partial charge in [0.15, 0.2) is 0 Å². The lowest BCUT2D eigenvalue weighted by atomic mass is 9.99. The number of carbonyl (C=O) groups is 1. The summed E-state index contributed by atoms with van der Waals surface area (Å²) < 4.78 is 0. The fourth-order valence-corrected chi connectivity index (χ4v) is 2.83. The Morgan fingerprint density at radius 2 is 1.85 bits per heavy atom. The molecule has 1 heterocycles. The van der Waals surface area contributed by atoms with Crippen LogP contribution in [0.5, 0.6) is 0 Å². The van der Waals surface area contributed by atoms with Gasteiger partial charge < -0.3 is 10.2 Å². The second kappa shape index (κ2) is 6.71. The van der Waals surface area contributed by atoms with Crippen molar-refractivity contribution in [2.75, 3.05) is 25.0 Å². The van der Waals surface area contributed by atoms with E-state index in [0.717, 1.165) is 37.3 Å². The van der Waals surface area contributed by atoms with Crippen molar-refractivity contribution in [3.05, 3.63) is 35.9 Å². The van der Waals surface area contributed by atoms with E-state index in [2.05, 4.69) is 36.7 Å². The summed E-state index contributed by atoms with van der Waals surface area (Å²) in [6.45, 7) is 11.7. The average Bonchev–Trinajstić information content (AvgIpc) is 2.73. The fraction of sp³-hybridized carbons (Fsp3) is 0.471. The molecule has 1 N–H and O–H groups in total. The SMILES string of the molecule is C=C1C(=O)Nc2cccc(CCN(CCC)CCC)c21. The van der Waals surface area contributed by atoms with Gasteiger partial charge in [-0.2, -0.15) is 0 Å². The summed E-state index contributed by atoms with van der Waals surface area (Å²) in [6.07, 6.45) is 3.33. The molecule has 3 heteroatoms. The molecule has 2 rings (SSSR count). The Hall–Kier alpha value is -1.61. The lowest BCUT2D eigenvalue weighted by Gasteiger charge is -2.21. The second-order valence-corrected chi connectivity index (χ2v) is 5.36. The maximum absolute atomic E-state index is 11.7. The van der Waals surface area contributed by atoms with Crippen LogP contribution in [0.4, 0.5) is 5.69 Å². The van der Waals surface area contributed by atoms with Crippen molar-refractivity contribution in [1.82, 2.24) is 4.90 Å². The smallest absolute Gasteiger partial charge is 0.255 e. The summed E-state index contributed by atoms with van der Waals surface area (Å²) in [5.41, 5.74) is 3.76. The molecular formula is C17H24N2O. The number of nitrogens with one attached hydrogen (secondary N) is 1. The number of carbonyl (C=O) groups excluding carboxylic acids is 1. The monoisotopic (exact) mass is 272 g/mol. The van der Waals surface area contributed by atoms with Gasteiger partial charge in [-0.25, -0.2) is 0 Å². The molecule has 1 aromatic carbocycles. The first-order chi connectivity index (χ1) is 9.67. The first-order valence-corrected chi connectivity index (χ1v) is 7.52. The molecule has 20 heavy (non-hydrogen) atoms. The topological polar surface area (TPSA) is 32.3 Å². The summed E-state index contributed by atoms with van der Waals surface area (Å²) in [5.74, 6) is -0.0635. The maximum atomic E-state index is 11.7. The van der Waals surface area contributed by atoms with E-state index in [4.69, 9.17) is 0 Å². The Labute approximate surface area is 121 Å². The van der Waals surface area contributed by atoms with Gasteiger partial charge in [-0.05, 0) is 44.0 Å². The lowest BCUT2D eigenvalue weighted by Crippen LogP contribution is -2.27. The molecule has 0 saturated heterocycles. The third-order valence-electron chi connectivity index (χ3n) is 3.75. The van der Waals surface area contributed by atoms with Crippen molar-refractivity contribution in [3.63, 3.8) is 0 Å². The summed E-state index contributed by atoms with van der Waals surface area (Å²) in [5, 5.41) is 2.87. The zero-order valence-corrected chi connectivity index (χ0v) is 12.5. The van der Waals surface area contributed by atoms with Crippen LogP contribution in [0.3, 0.4) is 0 Å². The van der Waals surface area contributed by atoms with E-state index in [9.17, 15) is 4.79 Å². The third-order valence-corrected chi connectivity index (χ3v) is 3.75. The Morgan fingerprint density at radius 3 is 2.50 bits per heavy atom. The first kappa shape index (κ1) is 14.8. The fourth-order valence-electron chi connectivity index (χ4n) is 2.83. The minimum atomic E-state index is -0.0635. The van der Waals surface area contributed by atoms with E-state index in [1.807, 2.05) is 12.1 Å². The van der Waals surface area contributed by atoms with E-state index >= 15 is 0 Å². The Bertz CT molecular complexity index is 502. The highest BCUT2D eigenvalue weighted by atomic mass is 16.1. The van der Waals surface area contributed by atoms with E-state index < -0.39 is 0 Å². The molecule has 0 radical (unpaired) electrons. The van der Waals surface area contributed by atoms with Gasteiger partial charge in [-0.1, -0.05) is 32.6 Å². The number of benzene rings is 1. The Kier molecular flexibility index (Phi) is 4.96. The third kappa shape index (κ3) is 3.10. The number of anilines is 1. The summed E-state index contributed by atoms with van der Waals surface area (Å²) in [6, 6.07) is 6.07. The number of nitrogens with zero attached hydrogens (tertiary/aromatic N) is 1. The molecule has 1 amide bonds. The zero-order chi connectivity index (χ0) is 14.5. The van der Waals surface area contributed by atoms with Crippen molar-refractivity contribution in [2.24, 2.45) is 0 Å². The molecule has 108 valence electrons. The largest absolute Gasteiger partial charge is 0.321 e. The van der Waals surface area contributed by atoms with Crippen molar-refractivity contribution in [2.45, 2.75) is 33.1 Å². The molecular weight excluding hydrogens is 248 g/mol. The van der Waals surface area contributed by atoms with Crippen molar-refractivity contribution < 1.29 is 4.79 Å². The highest BCUT2D eigenvalue weighted by Gasteiger charge is 2.24. The zero-order valence-electron chi connectivity index (χ0n) is 12.5. The van der Waals surface area contributed by atoms with E-state index in [-0.39, 0.29) is 5.91 Å². The predicted molar refractivity (Wildman–Crippen MR) is 84.8 cm³/mol. The van der Waals surface area contributed by atoms with Gasteiger partial charge in [0.25, 0.3) is 5.91 Å². The average molecular weight is 272 g/mol. The minimum absolute atomic E-state index is 0.0635. The molecule has 0 aliphatic carbocycles. The number of amides is 1. The molecule has 0 fully saturated rings. The molecule has 1 aliphatic heterocycles. The van der Waals surface area contributed by atoms with Gasteiger partial charge >= 0.3 is 0 Å².